The Kier molecular flexibility index (Phi) is 5.59. The first-order chi connectivity index (χ1) is 11.0. The number of nitro groups is 1. The SMILES string of the molecule is CCSc1cc([N+](=O)[O-])ccc1C(=O)Nc1ccc(OC)cc1. The number of benzene rings is 2. The van der Waals surface area contributed by atoms with Crippen molar-refractivity contribution in [3.05, 3.63) is 58.1 Å². The van der Waals surface area contributed by atoms with Crippen LogP contribution in [0.1, 0.15) is 17.3 Å². The van der Waals surface area contributed by atoms with E-state index in [1.54, 1.807) is 31.4 Å². The summed E-state index contributed by atoms with van der Waals surface area (Å²) < 4.78 is 5.07. The molecule has 0 unspecified atom stereocenters. The van der Waals surface area contributed by atoms with Gasteiger partial charge in [0.25, 0.3) is 11.6 Å². The summed E-state index contributed by atoms with van der Waals surface area (Å²) in [6.45, 7) is 1.93. The number of hydrogen-bond acceptors (Lipinski definition) is 5. The van der Waals surface area contributed by atoms with E-state index in [-0.39, 0.29) is 11.6 Å². The number of non-ortho nitro benzene ring substituents is 1. The average molecular weight is 332 g/mol. The number of nitro benzene ring substituents is 1. The number of nitrogens with zero attached hydrogens (tertiary/aromatic N) is 1. The number of hydrogen-bond donors (Lipinski definition) is 1. The maximum Gasteiger partial charge on any atom is 0.270 e. The first kappa shape index (κ1) is 16.8. The highest BCUT2D eigenvalue weighted by molar-refractivity contribution is 7.99. The molecule has 120 valence electrons. The Morgan fingerprint density at radius 3 is 2.52 bits per heavy atom. The van der Waals surface area contributed by atoms with E-state index in [1.165, 1.54) is 30.0 Å². The summed E-state index contributed by atoms with van der Waals surface area (Å²) in [4.78, 5) is 23.4. The van der Waals surface area contributed by atoms with E-state index in [0.717, 1.165) is 0 Å². The third kappa shape index (κ3) is 4.23. The summed E-state index contributed by atoms with van der Waals surface area (Å²) in [5, 5.41) is 13.7. The van der Waals surface area contributed by atoms with Crippen LogP contribution in [0.3, 0.4) is 0 Å². The lowest BCUT2D eigenvalue weighted by atomic mass is 10.2. The smallest absolute Gasteiger partial charge is 0.270 e. The van der Waals surface area contributed by atoms with Crippen molar-refractivity contribution < 1.29 is 14.5 Å². The number of thioether (sulfide) groups is 1. The zero-order valence-electron chi connectivity index (χ0n) is 12.7. The molecule has 1 N–H and O–H groups in total. The van der Waals surface area contributed by atoms with Crippen LogP contribution in [-0.4, -0.2) is 23.7 Å². The fourth-order valence-electron chi connectivity index (χ4n) is 1.96. The monoisotopic (exact) mass is 332 g/mol. The van der Waals surface area contributed by atoms with Crippen LogP contribution in [0.25, 0.3) is 0 Å². The summed E-state index contributed by atoms with van der Waals surface area (Å²) in [6.07, 6.45) is 0. The first-order valence-electron chi connectivity index (χ1n) is 6.91. The number of methoxy groups -OCH3 is 1. The lowest BCUT2D eigenvalue weighted by Gasteiger charge is -2.10. The number of nitrogens with one attached hydrogen (secondary N) is 1. The Labute approximate surface area is 138 Å². The van der Waals surface area contributed by atoms with E-state index in [4.69, 9.17) is 4.74 Å². The predicted molar refractivity (Wildman–Crippen MR) is 90.4 cm³/mol. The van der Waals surface area contributed by atoms with Crippen LogP contribution in [0.15, 0.2) is 47.4 Å². The molecule has 2 rings (SSSR count). The number of carbonyl (C=O) groups is 1. The molecule has 0 bridgehead atoms. The van der Waals surface area contributed by atoms with Gasteiger partial charge in [-0.1, -0.05) is 6.92 Å². The maximum absolute atomic E-state index is 12.4. The van der Waals surface area contributed by atoms with Gasteiger partial charge < -0.3 is 10.1 Å². The molecule has 1 amide bonds. The maximum atomic E-state index is 12.4. The molecule has 2 aromatic carbocycles. The van der Waals surface area contributed by atoms with Crippen molar-refractivity contribution in [1.29, 1.82) is 0 Å². The number of amides is 1. The Bertz CT molecular complexity index is 717. The lowest BCUT2D eigenvalue weighted by Crippen LogP contribution is -2.13. The molecule has 0 fully saturated rings. The van der Waals surface area contributed by atoms with E-state index in [0.29, 0.717) is 27.6 Å². The highest BCUT2D eigenvalue weighted by atomic mass is 32.2. The molecule has 0 aliphatic rings. The first-order valence-corrected chi connectivity index (χ1v) is 7.90. The molecule has 0 heterocycles. The van der Waals surface area contributed by atoms with Crippen LogP contribution in [0.5, 0.6) is 5.75 Å². The topological polar surface area (TPSA) is 81.5 Å². The molecular weight excluding hydrogens is 316 g/mol. The van der Waals surface area contributed by atoms with E-state index in [9.17, 15) is 14.9 Å². The summed E-state index contributed by atoms with van der Waals surface area (Å²) in [5.41, 5.74) is 1.02. The van der Waals surface area contributed by atoms with Gasteiger partial charge in [-0.3, -0.25) is 14.9 Å². The molecule has 0 aliphatic heterocycles. The Hall–Kier alpha value is -2.54. The van der Waals surface area contributed by atoms with Gasteiger partial charge in [0.2, 0.25) is 0 Å². The molecule has 0 atom stereocenters. The minimum atomic E-state index is -0.467. The second kappa shape index (κ2) is 7.64. The summed E-state index contributed by atoms with van der Waals surface area (Å²) in [6, 6.07) is 11.2. The van der Waals surface area contributed by atoms with Crippen molar-refractivity contribution in [3.63, 3.8) is 0 Å². The number of ether oxygens (including phenoxy) is 1. The van der Waals surface area contributed by atoms with Gasteiger partial charge in [-0.05, 0) is 36.1 Å². The van der Waals surface area contributed by atoms with E-state index in [2.05, 4.69) is 5.32 Å². The van der Waals surface area contributed by atoms with Crippen molar-refractivity contribution in [3.8, 4) is 5.75 Å². The summed E-state index contributed by atoms with van der Waals surface area (Å²) in [5.74, 6) is 1.10. The Balaban J connectivity index is 2.24. The Morgan fingerprint density at radius 2 is 1.96 bits per heavy atom. The van der Waals surface area contributed by atoms with Crippen LogP contribution in [0.2, 0.25) is 0 Å². The van der Waals surface area contributed by atoms with Crippen molar-refractivity contribution in [2.75, 3.05) is 18.2 Å². The van der Waals surface area contributed by atoms with Crippen LogP contribution in [-0.2, 0) is 0 Å². The van der Waals surface area contributed by atoms with Gasteiger partial charge in [0.15, 0.2) is 0 Å². The van der Waals surface area contributed by atoms with E-state index in [1.807, 2.05) is 6.92 Å². The molecular formula is C16H16N2O4S. The highest BCUT2D eigenvalue weighted by Gasteiger charge is 2.16. The second-order valence-corrected chi connectivity index (χ2v) is 5.86. The van der Waals surface area contributed by atoms with E-state index >= 15 is 0 Å². The molecule has 23 heavy (non-hydrogen) atoms. The fourth-order valence-corrected chi connectivity index (χ4v) is 2.79. The van der Waals surface area contributed by atoms with Crippen LogP contribution >= 0.6 is 11.8 Å². The number of rotatable bonds is 6. The molecule has 7 heteroatoms. The quantitative estimate of drug-likeness (QED) is 0.492. The molecule has 0 aromatic heterocycles. The van der Waals surface area contributed by atoms with Crippen molar-refractivity contribution in [2.45, 2.75) is 11.8 Å². The number of carbonyl (C=O) groups excluding carboxylic acids is 1. The van der Waals surface area contributed by atoms with Crippen LogP contribution in [0, 0.1) is 10.1 Å². The minimum absolute atomic E-state index is 0.0260. The highest BCUT2D eigenvalue weighted by Crippen LogP contribution is 2.28. The molecule has 6 nitrogen and oxygen atoms in total. The normalized spacial score (nSPS) is 10.2. The van der Waals surface area contributed by atoms with Crippen molar-refractivity contribution >= 4 is 29.0 Å². The van der Waals surface area contributed by atoms with Gasteiger partial charge in [0.05, 0.1) is 17.6 Å². The molecule has 0 spiro atoms. The van der Waals surface area contributed by atoms with Crippen molar-refractivity contribution in [2.24, 2.45) is 0 Å². The standard InChI is InChI=1S/C16H16N2O4S/c1-3-23-15-10-12(18(20)21)6-9-14(15)16(19)17-11-4-7-13(22-2)8-5-11/h4-10H,3H2,1-2H3,(H,17,19). The third-order valence-corrected chi connectivity index (χ3v) is 4.01. The molecule has 0 aliphatic carbocycles. The van der Waals surface area contributed by atoms with Gasteiger partial charge in [-0.15, -0.1) is 11.8 Å². The molecule has 0 saturated heterocycles. The van der Waals surface area contributed by atoms with E-state index < -0.39 is 4.92 Å². The van der Waals surface area contributed by atoms with Gasteiger partial charge >= 0.3 is 0 Å². The second-order valence-electron chi connectivity index (χ2n) is 4.55. The fraction of sp³-hybridized carbons (Fsp3) is 0.188. The van der Waals surface area contributed by atoms with Gasteiger partial charge in [-0.2, -0.15) is 0 Å². The minimum Gasteiger partial charge on any atom is -0.497 e. The molecule has 0 saturated carbocycles. The molecule has 0 radical (unpaired) electrons. The largest absolute Gasteiger partial charge is 0.497 e. The van der Waals surface area contributed by atoms with Gasteiger partial charge in [0.1, 0.15) is 5.75 Å². The van der Waals surface area contributed by atoms with Crippen molar-refractivity contribution in [1.82, 2.24) is 0 Å². The third-order valence-electron chi connectivity index (χ3n) is 3.07. The average Bonchev–Trinajstić information content (AvgIpc) is 2.55. The van der Waals surface area contributed by atoms with Crippen LogP contribution < -0.4 is 10.1 Å². The lowest BCUT2D eigenvalue weighted by molar-refractivity contribution is -0.385. The number of anilines is 1. The van der Waals surface area contributed by atoms with Gasteiger partial charge in [-0.25, -0.2) is 0 Å². The molecule has 2 aromatic rings. The Morgan fingerprint density at radius 1 is 1.26 bits per heavy atom. The zero-order chi connectivity index (χ0) is 16.8. The predicted octanol–water partition coefficient (Wildman–Crippen LogP) is 3.97. The van der Waals surface area contributed by atoms with Crippen LogP contribution in [0.4, 0.5) is 11.4 Å². The summed E-state index contributed by atoms with van der Waals surface area (Å²) >= 11 is 1.39. The van der Waals surface area contributed by atoms with Gasteiger partial charge in [0, 0.05) is 22.7 Å². The summed E-state index contributed by atoms with van der Waals surface area (Å²) in [7, 11) is 1.57. The zero-order valence-corrected chi connectivity index (χ0v) is 13.6.